The van der Waals surface area contributed by atoms with E-state index in [2.05, 4.69) is 4.98 Å². The molecule has 8 heteroatoms. The second-order valence-electron chi connectivity index (χ2n) is 7.21. The number of hydrogen-bond donors (Lipinski definition) is 2. The van der Waals surface area contributed by atoms with E-state index in [0.29, 0.717) is 31.7 Å². The fraction of sp³-hybridized carbons (Fsp3) is 0.556. The van der Waals surface area contributed by atoms with E-state index >= 15 is 0 Å². The van der Waals surface area contributed by atoms with Crippen molar-refractivity contribution >= 4 is 23.7 Å². The van der Waals surface area contributed by atoms with Crippen LogP contribution in [0.2, 0.25) is 0 Å². The number of carboxylic acid groups (broad SMARTS) is 2. The van der Waals surface area contributed by atoms with E-state index in [4.69, 9.17) is 0 Å². The fourth-order valence-corrected chi connectivity index (χ4v) is 4.18. The lowest BCUT2D eigenvalue weighted by molar-refractivity contribution is -0.145. The number of rotatable bonds is 3. The van der Waals surface area contributed by atoms with Crippen molar-refractivity contribution in [1.29, 1.82) is 0 Å². The first-order chi connectivity index (χ1) is 12.2. The van der Waals surface area contributed by atoms with Gasteiger partial charge in [-0.05, 0) is 38.3 Å². The largest absolute Gasteiger partial charge is 0.481 e. The molecule has 2 N–H and O–H groups in total. The van der Waals surface area contributed by atoms with Gasteiger partial charge in [-0.15, -0.1) is 0 Å². The summed E-state index contributed by atoms with van der Waals surface area (Å²) in [6, 6.07) is 1.62. The van der Waals surface area contributed by atoms with Gasteiger partial charge in [-0.2, -0.15) is 0 Å². The lowest BCUT2D eigenvalue weighted by Crippen LogP contribution is -2.56. The molecule has 0 saturated carbocycles. The van der Waals surface area contributed by atoms with Crippen LogP contribution >= 0.6 is 0 Å². The Balaban J connectivity index is 1.89. The third-order valence-corrected chi connectivity index (χ3v) is 5.97. The third-order valence-electron chi connectivity index (χ3n) is 5.97. The Morgan fingerprint density at radius 1 is 1.23 bits per heavy atom. The maximum atomic E-state index is 12.1. The highest BCUT2D eigenvalue weighted by Gasteiger charge is 2.55. The van der Waals surface area contributed by atoms with Gasteiger partial charge in [-0.25, -0.2) is 9.78 Å². The van der Waals surface area contributed by atoms with E-state index in [-0.39, 0.29) is 17.9 Å². The molecule has 140 valence electrons. The normalized spacial score (nSPS) is 22.1. The number of hydrogen-bond acceptors (Lipinski definition) is 5. The van der Waals surface area contributed by atoms with Gasteiger partial charge >= 0.3 is 11.9 Å². The van der Waals surface area contributed by atoms with Crippen molar-refractivity contribution in [3.05, 3.63) is 22.9 Å². The molecular weight excluding hydrogens is 338 g/mol. The summed E-state index contributed by atoms with van der Waals surface area (Å²) in [4.78, 5) is 43.3. The maximum absolute atomic E-state index is 12.1. The van der Waals surface area contributed by atoms with E-state index in [1.54, 1.807) is 18.0 Å². The predicted octanol–water partition coefficient (Wildman–Crippen LogP) is 1.30. The molecule has 2 saturated heterocycles. The van der Waals surface area contributed by atoms with Crippen molar-refractivity contribution in [3.8, 4) is 0 Å². The SMILES string of the molecule is Cc1cc(C(=O)O)c(N2CCC3(CC2)[C@@H](C(=O)O)CC(=O)N3C)nc1C. The van der Waals surface area contributed by atoms with Crippen molar-refractivity contribution in [2.75, 3.05) is 25.0 Å². The molecule has 2 aliphatic heterocycles. The van der Waals surface area contributed by atoms with Gasteiger partial charge in [0, 0.05) is 32.3 Å². The second-order valence-corrected chi connectivity index (χ2v) is 7.21. The van der Waals surface area contributed by atoms with Crippen LogP contribution in [0, 0.1) is 19.8 Å². The molecule has 1 atom stereocenters. The summed E-state index contributed by atoms with van der Waals surface area (Å²) in [7, 11) is 1.66. The molecule has 3 heterocycles. The van der Waals surface area contributed by atoms with Gasteiger partial charge in [0.2, 0.25) is 5.91 Å². The second kappa shape index (κ2) is 6.26. The number of anilines is 1. The molecule has 1 aromatic heterocycles. The zero-order chi connectivity index (χ0) is 19.2. The summed E-state index contributed by atoms with van der Waals surface area (Å²) >= 11 is 0. The number of carbonyl (C=O) groups is 3. The minimum absolute atomic E-state index is 0.0219. The van der Waals surface area contributed by atoms with Gasteiger partial charge in [-0.3, -0.25) is 9.59 Å². The Labute approximate surface area is 151 Å². The molecule has 0 radical (unpaired) electrons. The number of pyridine rings is 1. The number of carbonyl (C=O) groups excluding carboxylic acids is 1. The summed E-state index contributed by atoms with van der Waals surface area (Å²) in [5, 5.41) is 19.1. The van der Waals surface area contributed by atoms with Crippen LogP contribution in [-0.4, -0.2) is 63.6 Å². The number of aromatic carboxylic acids is 1. The average Bonchev–Trinajstić information content (AvgIpc) is 2.83. The Morgan fingerprint density at radius 3 is 2.38 bits per heavy atom. The summed E-state index contributed by atoms with van der Waals surface area (Å²) in [5.41, 5.74) is 1.02. The minimum atomic E-state index is -1.03. The van der Waals surface area contributed by atoms with Gasteiger partial charge in [0.15, 0.2) is 0 Å². The standard InChI is InChI=1S/C18H23N3O5/c1-10-8-12(16(23)24)15(19-11(10)2)21-6-4-18(5-7-21)13(17(25)26)9-14(22)20(18)3/h8,13H,4-7,9H2,1-3H3,(H,23,24)(H,25,26)/t13-/m1/s1. The van der Waals surface area contributed by atoms with Crippen LogP contribution < -0.4 is 4.90 Å². The summed E-state index contributed by atoms with van der Waals surface area (Å²) in [5.74, 6) is -2.45. The first-order valence-electron chi connectivity index (χ1n) is 8.63. The smallest absolute Gasteiger partial charge is 0.339 e. The number of amides is 1. The first kappa shape index (κ1) is 18.2. The lowest BCUT2D eigenvalue weighted by Gasteiger charge is -2.46. The molecule has 1 aromatic rings. The molecule has 1 amide bonds. The topological polar surface area (TPSA) is 111 Å². The highest BCUT2D eigenvalue weighted by Crippen LogP contribution is 2.43. The van der Waals surface area contributed by atoms with Crippen LogP contribution in [0.15, 0.2) is 6.07 Å². The number of aryl methyl sites for hydroxylation is 2. The van der Waals surface area contributed by atoms with E-state index < -0.39 is 23.4 Å². The summed E-state index contributed by atoms with van der Waals surface area (Å²) in [6.45, 7) is 4.56. The van der Waals surface area contributed by atoms with Crippen LogP contribution in [0.4, 0.5) is 5.82 Å². The van der Waals surface area contributed by atoms with Crippen LogP contribution in [0.3, 0.4) is 0 Å². The quantitative estimate of drug-likeness (QED) is 0.834. The summed E-state index contributed by atoms with van der Waals surface area (Å²) in [6.07, 6.45) is 0.966. The molecule has 3 rings (SSSR count). The van der Waals surface area contributed by atoms with Gasteiger partial charge in [0.05, 0.1) is 11.5 Å². The predicted molar refractivity (Wildman–Crippen MR) is 93.4 cm³/mol. The molecule has 26 heavy (non-hydrogen) atoms. The van der Waals surface area contributed by atoms with Gasteiger partial charge in [0.1, 0.15) is 11.4 Å². The average molecular weight is 361 g/mol. The molecule has 0 aliphatic carbocycles. The zero-order valence-electron chi connectivity index (χ0n) is 15.2. The van der Waals surface area contributed by atoms with Crippen LogP contribution in [0.25, 0.3) is 0 Å². The molecule has 0 bridgehead atoms. The highest BCUT2D eigenvalue weighted by molar-refractivity contribution is 5.94. The molecule has 2 fully saturated rings. The summed E-state index contributed by atoms with van der Waals surface area (Å²) < 4.78 is 0. The lowest BCUT2D eigenvalue weighted by atomic mass is 9.77. The molecule has 2 aliphatic rings. The zero-order valence-corrected chi connectivity index (χ0v) is 15.2. The molecule has 0 unspecified atom stereocenters. The van der Waals surface area contributed by atoms with E-state index in [1.165, 1.54) is 0 Å². The van der Waals surface area contributed by atoms with E-state index in [1.807, 2.05) is 18.7 Å². The number of aliphatic carboxylic acids is 1. The van der Waals surface area contributed by atoms with Crippen molar-refractivity contribution in [3.63, 3.8) is 0 Å². The van der Waals surface area contributed by atoms with Crippen LogP contribution in [0.5, 0.6) is 0 Å². The van der Waals surface area contributed by atoms with Gasteiger partial charge in [0.25, 0.3) is 0 Å². The van der Waals surface area contributed by atoms with Crippen LogP contribution in [-0.2, 0) is 9.59 Å². The van der Waals surface area contributed by atoms with E-state index in [9.17, 15) is 24.6 Å². The van der Waals surface area contributed by atoms with Crippen molar-refractivity contribution in [2.45, 2.75) is 38.6 Å². The van der Waals surface area contributed by atoms with Crippen molar-refractivity contribution in [1.82, 2.24) is 9.88 Å². The highest BCUT2D eigenvalue weighted by atomic mass is 16.4. The monoisotopic (exact) mass is 361 g/mol. The molecule has 8 nitrogen and oxygen atoms in total. The molecule has 1 spiro atoms. The van der Waals surface area contributed by atoms with Crippen LogP contribution in [0.1, 0.15) is 40.9 Å². The number of piperidine rings is 1. The number of likely N-dealkylation sites (tertiary alicyclic amines) is 1. The number of nitrogens with zero attached hydrogens (tertiary/aromatic N) is 3. The molecule has 0 aromatic carbocycles. The Hall–Kier alpha value is -2.64. The number of carboxylic acids is 2. The Bertz CT molecular complexity index is 783. The molecular formula is C18H23N3O5. The van der Waals surface area contributed by atoms with Crippen molar-refractivity contribution in [2.24, 2.45) is 5.92 Å². The Morgan fingerprint density at radius 2 is 1.85 bits per heavy atom. The maximum Gasteiger partial charge on any atom is 0.339 e. The Kier molecular flexibility index (Phi) is 4.37. The van der Waals surface area contributed by atoms with Gasteiger partial charge in [-0.1, -0.05) is 0 Å². The number of aromatic nitrogens is 1. The fourth-order valence-electron chi connectivity index (χ4n) is 4.18. The third kappa shape index (κ3) is 2.69. The van der Waals surface area contributed by atoms with Gasteiger partial charge < -0.3 is 20.0 Å². The minimum Gasteiger partial charge on any atom is -0.481 e. The van der Waals surface area contributed by atoms with E-state index in [0.717, 1.165) is 11.3 Å². The first-order valence-corrected chi connectivity index (χ1v) is 8.63. The van der Waals surface area contributed by atoms with Crippen molar-refractivity contribution < 1.29 is 24.6 Å².